The Balaban J connectivity index is 1.12. The van der Waals surface area contributed by atoms with Crippen LogP contribution in [0.15, 0.2) is 223 Å². The molecule has 0 radical (unpaired) electrons. The monoisotopic (exact) mass is 816 g/mol. The van der Waals surface area contributed by atoms with Crippen molar-refractivity contribution in [3.05, 3.63) is 218 Å². The van der Waals surface area contributed by atoms with E-state index in [1.165, 1.54) is 21.5 Å². The number of para-hydroxylation sites is 1. The number of nitrogens with zero attached hydrogens (tertiary/aromatic N) is 4. The third kappa shape index (κ3) is 5.83. The first-order valence-electron chi connectivity index (χ1n) is 21.6. The molecule has 5 heteroatoms. The Hall–Kier alpha value is -8.67. The second kappa shape index (κ2) is 14.5. The van der Waals surface area contributed by atoms with Gasteiger partial charge >= 0.3 is 0 Å². The Bertz CT molecular complexity index is 3830. The molecule has 0 unspecified atom stereocenters. The Kier molecular flexibility index (Phi) is 8.15. The molecule has 64 heavy (non-hydrogen) atoms. The predicted octanol–water partition coefficient (Wildman–Crippen LogP) is 15.5. The number of hydrogen-bond donors (Lipinski definition) is 0. The van der Waals surface area contributed by atoms with Gasteiger partial charge in [0.1, 0.15) is 11.2 Å². The van der Waals surface area contributed by atoms with Crippen molar-refractivity contribution in [3.63, 3.8) is 0 Å². The standard InChI is InChI=1S/C59H36N4O/c1-3-13-37(14-4-1)39-23-27-42(28-24-39)57-60-58(43-29-25-40(26-30-43)38-15-5-2-6-16-38)62-59(61-57)55-51(33-34-53-54(55)48-32-31-41-17-9-10-20-46(41)56(48)64-53)63-50-22-12-11-21-47(50)49-35-44-18-7-8-19-45(44)36-52(49)63/h1-36H. The van der Waals surface area contributed by atoms with E-state index >= 15 is 0 Å². The third-order valence-electron chi connectivity index (χ3n) is 12.6. The Morgan fingerprint density at radius 3 is 1.50 bits per heavy atom. The van der Waals surface area contributed by atoms with E-state index in [1.54, 1.807) is 0 Å². The SMILES string of the molecule is c1ccc(-c2ccc(-c3nc(-c4ccc(-c5ccccc5)cc4)nc(-c4c(-n5c6ccccc6c6cc7ccccc7cc65)ccc5oc6c7ccccc7ccc6c45)n3)cc2)cc1. The highest BCUT2D eigenvalue weighted by atomic mass is 16.3. The molecule has 0 aliphatic heterocycles. The quantitative estimate of drug-likeness (QED) is 0.168. The maximum Gasteiger partial charge on any atom is 0.166 e. The van der Waals surface area contributed by atoms with Crippen molar-refractivity contribution in [1.29, 1.82) is 0 Å². The third-order valence-corrected chi connectivity index (χ3v) is 12.6. The van der Waals surface area contributed by atoms with Crippen molar-refractivity contribution in [3.8, 4) is 62.1 Å². The summed E-state index contributed by atoms with van der Waals surface area (Å²) in [6.45, 7) is 0. The van der Waals surface area contributed by atoms with E-state index in [0.29, 0.717) is 17.5 Å². The largest absolute Gasteiger partial charge is 0.455 e. The summed E-state index contributed by atoms with van der Waals surface area (Å²) >= 11 is 0. The Morgan fingerprint density at radius 1 is 0.328 bits per heavy atom. The van der Waals surface area contributed by atoms with Crippen molar-refractivity contribution < 1.29 is 4.42 Å². The van der Waals surface area contributed by atoms with E-state index in [0.717, 1.165) is 88.4 Å². The molecule has 0 N–H and O–H groups in total. The summed E-state index contributed by atoms with van der Waals surface area (Å²) in [7, 11) is 0. The molecule has 13 aromatic rings. The van der Waals surface area contributed by atoms with Crippen LogP contribution in [0, 0.1) is 0 Å². The average Bonchev–Trinajstić information content (AvgIpc) is 3.91. The molecular formula is C59H36N4O. The van der Waals surface area contributed by atoms with Crippen LogP contribution >= 0.6 is 0 Å². The molecule has 5 nitrogen and oxygen atoms in total. The maximum atomic E-state index is 6.89. The van der Waals surface area contributed by atoms with Crippen LogP contribution < -0.4 is 0 Å². The zero-order valence-corrected chi connectivity index (χ0v) is 34.5. The van der Waals surface area contributed by atoms with Gasteiger partial charge in [-0.1, -0.05) is 182 Å². The fraction of sp³-hybridized carbons (Fsp3) is 0. The molecule has 3 aromatic heterocycles. The summed E-state index contributed by atoms with van der Waals surface area (Å²) in [6, 6.07) is 76.8. The van der Waals surface area contributed by atoms with E-state index in [-0.39, 0.29) is 0 Å². The molecule has 0 atom stereocenters. The summed E-state index contributed by atoms with van der Waals surface area (Å²) in [4.78, 5) is 16.2. The topological polar surface area (TPSA) is 56.7 Å². The fourth-order valence-electron chi connectivity index (χ4n) is 9.54. The first kappa shape index (κ1) is 36.0. The van der Waals surface area contributed by atoms with Crippen LogP contribution in [0.3, 0.4) is 0 Å². The summed E-state index contributed by atoms with van der Waals surface area (Å²) < 4.78 is 9.28. The van der Waals surface area contributed by atoms with E-state index in [4.69, 9.17) is 19.4 Å². The van der Waals surface area contributed by atoms with Gasteiger partial charge in [0.05, 0.1) is 22.3 Å². The van der Waals surface area contributed by atoms with Gasteiger partial charge < -0.3 is 8.98 Å². The molecule has 0 aliphatic rings. The molecule has 0 spiro atoms. The van der Waals surface area contributed by atoms with Gasteiger partial charge in [0.2, 0.25) is 0 Å². The van der Waals surface area contributed by atoms with E-state index < -0.39 is 0 Å². The molecule has 0 fully saturated rings. The highest BCUT2D eigenvalue weighted by Gasteiger charge is 2.25. The van der Waals surface area contributed by atoms with Gasteiger partial charge in [-0.25, -0.2) is 15.0 Å². The number of rotatable bonds is 6. The van der Waals surface area contributed by atoms with Crippen LogP contribution in [-0.4, -0.2) is 19.5 Å². The lowest BCUT2D eigenvalue weighted by molar-refractivity contribution is 0.672. The van der Waals surface area contributed by atoms with Crippen LogP contribution in [-0.2, 0) is 0 Å². The van der Waals surface area contributed by atoms with Crippen molar-refractivity contribution in [2.24, 2.45) is 0 Å². The molecule has 0 saturated heterocycles. The van der Waals surface area contributed by atoms with Gasteiger partial charge in [0, 0.05) is 38.1 Å². The van der Waals surface area contributed by atoms with Crippen LogP contribution in [0.25, 0.3) is 127 Å². The Morgan fingerprint density at radius 2 is 0.844 bits per heavy atom. The van der Waals surface area contributed by atoms with Gasteiger partial charge in [-0.15, -0.1) is 0 Å². The first-order valence-corrected chi connectivity index (χ1v) is 21.6. The summed E-state index contributed by atoms with van der Waals surface area (Å²) in [5, 5.41) is 8.85. The highest BCUT2D eigenvalue weighted by Crippen LogP contribution is 2.45. The van der Waals surface area contributed by atoms with Crippen LogP contribution in [0.2, 0.25) is 0 Å². The van der Waals surface area contributed by atoms with Crippen LogP contribution in [0.1, 0.15) is 0 Å². The Labute approximate surface area is 368 Å². The van der Waals surface area contributed by atoms with Crippen LogP contribution in [0.5, 0.6) is 0 Å². The van der Waals surface area contributed by atoms with Gasteiger partial charge in [-0.05, 0) is 74.8 Å². The maximum absolute atomic E-state index is 6.89. The van der Waals surface area contributed by atoms with Crippen molar-refractivity contribution in [1.82, 2.24) is 19.5 Å². The molecule has 13 rings (SSSR count). The first-order chi connectivity index (χ1) is 31.7. The molecule has 0 saturated carbocycles. The van der Waals surface area contributed by atoms with Gasteiger partial charge in [0.15, 0.2) is 17.5 Å². The molecule has 0 bridgehead atoms. The van der Waals surface area contributed by atoms with Crippen molar-refractivity contribution in [2.75, 3.05) is 0 Å². The zero-order chi connectivity index (χ0) is 42.1. The smallest absolute Gasteiger partial charge is 0.166 e. The summed E-state index contributed by atoms with van der Waals surface area (Å²) in [5.41, 5.74) is 11.9. The number of benzene rings is 10. The molecule has 0 aliphatic carbocycles. The minimum atomic E-state index is 0.558. The number of fused-ring (bicyclic) bond motifs is 9. The summed E-state index contributed by atoms with van der Waals surface area (Å²) in [6.07, 6.45) is 0. The normalized spacial score (nSPS) is 11.8. The van der Waals surface area contributed by atoms with Crippen molar-refractivity contribution >= 4 is 65.3 Å². The molecule has 298 valence electrons. The summed E-state index contributed by atoms with van der Waals surface area (Å²) in [5.74, 6) is 1.73. The van der Waals surface area contributed by atoms with Crippen molar-refractivity contribution in [2.45, 2.75) is 0 Å². The van der Waals surface area contributed by atoms with E-state index in [2.05, 4.69) is 211 Å². The number of furan rings is 1. The van der Waals surface area contributed by atoms with Gasteiger partial charge in [0.25, 0.3) is 0 Å². The minimum absolute atomic E-state index is 0.558. The molecule has 10 aromatic carbocycles. The predicted molar refractivity (Wildman–Crippen MR) is 264 cm³/mol. The van der Waals surface area contributed by atoms with Gasteiger partial charge in [-0.2, -0.15) is 0 Å². The average molecular weight is 817 g/mol. The molecule has 3 heterocycles. The lowest BCUT2D eigenvalue weighted by atomic mass is 10.00. The molecular weight excluding hydrogens is 781 g/mol. The zero-order valence-electron chi connectivity index (χ0n) is 34.5. The lowest BCUT2D eigenvalue weighted by Crippen LogP contribution is -2.04. The minimum Gasteiger partial charge on any atom is -0.455 e. The van der Waals surface area contributed by atoms with Crippen LogP contribution in [0.4, 0.5) is 0 Å². The highest BCUT2D eigenvalue weighted by molar-refractivity contribution is 6.21. The number of aromatic nitrogens is 4. The van der Waals surface area contributed by atoms with E-state index in [1.807, 2.05) is 12.1 Å². The second-order valence-electron chi connectivity index (χ2n) is 16.4. The number of hydrogen-bond acceptors (Lipinski definition) is 4. The lowest BCUT2D eigenvalue weighted by Gasteiger charge is -2.16. The fourth-order valence-corrected chi connectivity index (χ4v) is 9.54. The molecule has 0 amide bonds. The van der Waals surface area contributed by atoms with Gasteiger partial charge in [-0.3, -0.25) is 0 Å². The van der Waals surface area contributed by atoms with E-state index in [9.17, 15) is 0 Å². The second-order valence-corrected chi connectivity index (χ2v) is 16.4.